The molecule has 0 spiro atoms. The van der Waals surface area contributed by atoms with Crippen LogP contribution in [-0.2, 0) is 9.59 Å². The molecule has 31 heavy (non-hydrogen) atoms. The van der Waals surface area contributed by atoms with E-state index in [0.717, 1.165) is 11.1 Å². The van der Waals surface area contributed by atoms with Crippen molar-refractivity contribution in [2.24, 2.45) is 11.0 Å². The van der Waals surface area contributed by atoms with Gasteiger partial charge in [0, 0.05) is 18.0 Å². The number of nitrogens with one attached hydrogen (secondary N) is 2. The number of methoxy groups -OCH3 is 1. The molecule has 0 saturated carbocycles. The van der Waals surface area contributed by atoms with Gasteiger partial charge in [-0.3, -0.25) is 9.59 Å². The Morgan fingerprint density at radius 3 is 2.77 bits per heavy atom. The smallest absolute Gasteiger partial charge is 0.253 e. The highest BCUT2D eigenvalue weighted by atomic mass is 35.5. The summed E-state index contributed by atoms with van der Waals surface area (Å²) in [6.07, 6.45) is 1.39. The average Bonchev–Trinajstić information content (AvgIpc) is 3.41. The van der Waals surface area contributed by atoms with Gasteiger partial charge in [-0.1, -0.05) is 41.9 Å². The van der Waals surface area contributed by atoms with Gasteiger partial charge in [0.25, 0.3) is 5.91 Å². The first kappa shape index (κ1) is 20.7. The van der Waals surface area contributed by atoms with Gasteiger partial charge in [0.2, 0.25) is 5.91 Å². The summed E-state index contributed by atoms with van der Waals surface area (Å²) >= 11 is 6.16. The molecule has 1 fully saturated rings. The zero-order valence-corrected chi connectivity index (χ0v) is 17.4. The van der Waals surface area contributed by atoms with Crippen molar-refractivity contribution in [3.8, 4) is 17.1 Å². The Balaban J connectivity index is 1.42. The summed E-state index contributed by atoms with van der Waals surface area (Å²) in [5.41, 5.74) is 4.16. The summed E-state index contributed by atoms with van der Waals surface area (Å²) < 4.78 is 10.9. The van der Waals surface area contributed by atoms with Gasteiger partial charge in [-0.2, -0.15) is 5.10 Å². The number of rotatable bonds is 6. The molecule has 158 valence electrons. The number of benzene rings is 2. The molecule has 0 radical (unpaired) electrons. The number of ether oxygens (including phenoxy) is 1. The maximum Gasteiger partial charge on any atom is 0.253 e. The normalized spacial score (nSPS) is 18.2. The lowest BCUT2D eigenvalue weighted by Gasteiger charge is -2.15. The van der Waals surface area contributed by atoms with Crippen LogP contribution in [-0.4, -0.2) is 31.7 Å². The van der Waals surface area contributed by atoms with Crippen LogP contribution in [0.4, 0.5) is 0 Å². The number of hydrogen-bond donors (Lipinski definition) is 2. The Labute approximate surface area is 184 Å². The van der Waals surface area contributed by atoms with E-state index >= 15 is 0 Å². The first-order chi connectivity index (χ1) is 15.1. The lowest BCUT2D eigenvalue weighted by atomic mass is 9.88. The third-order valence-electron chi connectivity index (χ3n) is 5.12. The van der Waals surface area contributed by atoms with Crippen molar-refractivity contribution in [1.29, 1.82) is 0 Å². The van der Waals surface area contributed by atoms with E-state index in [9.17, 15) is 9.59 Å². The van der Waals surface area contributed by atoms with Crippen molar-refractivity contribution in [2.45, 2.75) is 5.92 Å². The molecular formula is C23H20ClN3O4. The molecule has 4 rings (SSSR count). The van der Waals surface area contributed by atoms with Crippen molar-refractivity contribution < 1.29 is 18.7 Å². The van der Waals surface area contributed by atoms with Crippen LogP contribution >= 0.6 is 11.6 Å². The minimum absolute atomic E-state index is 0.237. The fourth-order valence-electron chi connectivity index (χ4n) is 3.56. The largest absolute Gasteiger partial charge is 0.495 e. The molecule has 8 heteroatoms. The number of hydrazone groups is 1. The minimum Gasteiger partial charge on any atom is -0.495 e. The number of amides is 2. The van der Waals surface area contributed by atoms with E-state index < -0.39 is 11.8 Å². The highest BCUT2D eigenvalue weighted by molar-refractivity contribution is 6.32. The van der Waals surface area contributed by atoms with Gasteiger partial charge >= 0.3 is 0 Å². The molecule has 2 amide bonds. The number of nitrogens with zero attached hydrogens (tertiary/aromatic N) is 1. The lowest BCUT2D eigenvalue weighted by molar-refractivity contribution is -0.133. The SMILES string of the molecule is COc1ccc(-c2ccc(/C=N/NC(=O)[C@@H]3C(=O)NC[C@H]3c3ccccc3)o2)cc1Cl. The van der Waals surface area contributed by atoms with Crippen LogP contribution in [0.1, 0.15) is 17.2 Å². The number of halogens is 1. The number of carbonyl (C=O) groups is 2. The van der Waals surface area contributed by atoms with Gasteiger partial charge in [-0.15, -0.1) is 0 Å². The molecule has 7 nitrogen and oxygen atoms in total. The summed E-state index contributed by atoms with van der Waals surface area (Å²) in [5.74, 6) is -0.236. The Bertz CT molecular complexity index is 1130. The third-order valence-corrected chi connectivity index (χ3v) is 5.42. The summed E-state index contributed by atoms with van der Waals surface area (Å²) in [7, 11) is 1.55. The van der Waals surface area contributed by atoms with Gasteiger partial charge in [0.15, 0.2) is 0 Å². The zero-order valence-electron chi connectivity index (χ0n) is 16.7. The molecule has 2 aromatic carbocycles. The van der Waals surface area contributed by atoms with Crippen molar-refractivity contribution in [1.82, 2.24) is 10.7 Å². The highest BCUT2D eigenvalue weighted by Crippen LogP contribution is 2.31. The molecule has 1 aliphatic heterocycles. The maximum absolute atomic E-state index is 12.6. The predicted octanol–water partition coefficient (Wildman–Crippen LogP) is 3.59. The van der Waals surface area contributed by atoms with Crippen molar-refractivity contribution >= 4 is 29.6 Å². The Kier molecular flexibility index (Phi) is 6.04. The van der Waals surface area contributed by atoms with E-state index in [-0.39, 0.29) is 11.8 Å². The molecule has 2 N–H and O–H groups in total. The summed E-state index contributed by atoms with van der Waals surface area (Å²) in [6.45, 7) is 0.413. The summed E-state index contributed by atoms with van der Waals surface area (Å²) in [6, 6.07) is 18.3. The van der Waals surface area contributed by atoms with Gasteiger partial charge in [-0.25, -0.2) is 5.43 Å². The number of carbonyl (C=O) groups excluding carboxylic acids is 2. The summed E-state index contributed by atoms with van der Waals surface area (Å²) in [4.78, 5) is 24.8. The lowest BCUT2D eigenvalue weighted by Crippen LogP contribution is -2.34. The molecule has 2 atom stereocenters. The number of hydrogen-bond acceptors (Lipinski definition) is 5. The second-order valence-electron chi connectivity index (χ2n) is 7.03. The maximum atomic E-state index is 12.6. The quantitative estimate of drug-likeness (QED) is 0.350. The number of furan rings is 1. The fraction of sp³-hybridized carbons (Fsp3) is 0.174. The molecule has 1 saturated heterocycles. The van der Waals surface area contributed by atoms with Crippen LogP contribution in [0.15, 0.2) is 70.2 Å². The zero-order chi connectivity index (χ0) is 21.8. The van der Waals surface area contributed by atoms with E-state index in [4.69, 9.17) is 20.8 Å². The first-order valence-electron chi connectivity index (χ1n) is 9.66. The highest BCUT2D eigenvalue weighted by Gasteiger charge is 2.40. The second-order valence-corrected chi connectivity index (χ2v) is 7.43. The fourth-order valence-corrected chi connectivity index (χ4v) is 3.82. The second kappa shape index (κ2) is 9.06. The average molecular weight is 438 g/mol. The van der Waals surface area contributed by atoms with Gasteiger partial charge in [0.05, 0.1) is 18.3 Å². The summed E-state index contributed by atoms with van der Waals surface area (Å²) in [5, 5.41) is 7.18. The predicted molar refractivity (Wildman–Crippen MR) is 117 cm³/mol. The molecular weight excluding hydrogens is 418 g/mol. The van der Waals surface area contributed by atoms with Crippen LogP contribution in [0, 0.1) is 5.92 Å². The van der Waals surface area contributed by atoms with Crippen molar-refractivity contribution in [2.75, 3.05) is 13.7 Å². The van der Waals surface area contributed by atoms with E-state index in [0.29, 0.717) is 28.8 Å². The molecule has 2 heterocycles. The molecule has 1 aromatic heterocycles. The van der Waals surface area contributed by atoms with E-state index in [1.165, 1.54) is 6.21 Å². The molecule has 0 unspecified atom stereocenters. The van der Waals surface area contributed by atoms with E-state index in [2.05, 4.69) is 15.8 Å². The monoisotopic (exact) mass is 437 g/mol. The standard InChI is InChI=1S/C23H20ClN3O4/c1-30-20-9-7-15(11-18(20)24)19-10-8-16(31-19)12-26-27-23(29)21-17(13-25-22(21)28)14-5-3-2-4-6-14/h2-12,17,21H,13H2,1H3,(H,25,28)(H,27,29)/b26-12+/t17-,21-/m0/s1. The van der Waals surface area contributed by atoms with Crippen LogP contribution in [0.2, 0.25) is 5.02 Å². The topological polar surface area (TPSA) is 92.9 Å². The van der Waals surface area contributed by atoms with Gasteiger partial charge in [-0.05, 0) is 35.9 Å². The minimum atomic E-state index is -0.840. The van der Waals surface area contributed by atoms with Crippen LogP contribution in [0.3, 0.4) is 0 Å². The first-order valence-corrected chi connectivity index (χ1v) is 10.0. The molecule has 0 bridgehead atoms. The van der Waals surface area contributed by atoms with Crippen LogP contribution in [0.25, 0.3) is 11.3 Å². The molecule has 1 aliphatic rings. The third kappa shape index (κ3) is 4.46. The van der Waals surface area contributed by atoms with Crippen LogP contribution in [0.5, 0.6) is 5.75 Å². The Morgan fingerprint density at radius 1 is 1.23 bits per heavy atom. The van der Waals surface area contributed by atoms with E-state index in [1.807, 2.05) is 36.4 Å². The van der Waals surface area contributed by atoms with E-state index in [1.54, 1.807) is 31.4 Å². The Morgan fingerprint density at radius 2 is 2.03 bits per heavy atom. The van der Waals surface area contributed by atoms with Crippen molar-refractivity contribution in [3.05, 3.63) is 77.0 Å². The van der Waals surface area contributed by atoms with Crippen molar-refractivity contribution in [3.63, 3.8) is 0 Å². The Hall–Kier alpha value is -3.58. The molecule has 3 aromatic rings. The molecule has 0 aliphatic carbocycles. The van der Waals surface area contributed by atoms with Gasteiger partial charge in [0.1, 0.15) is 23.2 Å². The van der Waals surface area contributed by atoms with Gasteiger partial charge < -0.3 is 14.5 Å². The van der Waals surface area contributed by atoms with Crippen LogP contribution < -0.4 is 15.5 Å².